The Morgan fingerprint density at radius 3 is 2.58 bits per heavy atom. The summed E-state index contributed by atoms with van der Waals surface area (Å²) in [6.07, 6.45) is -0.0924. The molecule has 2 aromatic rings. The lowest BCUT2D eigenvalue weighted by Crippen LogP contribution is -2.35. The van der Waals surface area contributed by atoms with Crippen LogP contribution in [0.4, 0.5) is 5.69 Å². The quantitative estimate of drug-likeness (QED) is 0.296. The molecule has 0 amide bonds. The molecule has 24 heavy (non-hydrogen) atoms. The zero-order valence-corrected chi connectivity index (χ0v) is 13.0. The first-order chi connectivity index (χ1) is 11.3. The topological polar surface area (TPSA) is 161 Å². The van der Waals surface area contributed by atoms with Gasteiger partial charge in [-0.15, -0.1) is 0 Å². The molecule has 1 heterocycles. The van der Waals surface area contributed by atoms with Crippen molar-refractivity contribution in [3.05, 3.63) is 48.0 Å². The second-order valence-electron chi connectivity index (χ2n) is 5.15. The van der Waals surface area contributed by atoms with Crippen molar-refractivity contribution in [2.45, 2.75) is 26.3 Å². The van der Waals surface area contributed by atoms with Gasteiger partial charge >= 0.3 is 17.1 Å². The smallest absolute Gasteiger partial charge is 0.323 e. The Morgan fingerprint density at radius 1 is 1.38 bits per heavy atom. The third-order valence-electron chi connectivity index (χ3n) is 3.59. The van der Waals surface area contributed by atoms with Gasteiger partial charge in [-0.1, -0.05) is 0 Å². The Bertz CT molecular complexity index is 929. The zero-order valence-electron chi connectivity index (χ0n) is 13.0. The summed E-state index contributed by atoms with van der Waals surface area (Å²) < 4.78 is 4.82. The maximum Gasteiger partial charge on any atom is 0.323 e. The second-order valence-corrected chi connectivity index (χ2v) is 5.15. The molecular formula is C14H16N4O6. The van der Waals surface area contributed by atoms with E-state index >= 15 is 0 Å². The van der Waals surface area contributed by atoms with Crippen molar-refractivity contribution in [1.82, 2.24) is 9.97 Å². The lowest BCUT2D eigenvalue weighted by molar-refractivity contribution is -0.385. The van der Waals surface area contributed by atoms with E-state index in [4.69, 9.17) is 10.5 Å². The van der Waals surface area contributed by atoms with Gasteiger partial charge in [0.05, 0.1) is 22.6 Å². The molecule has 0 aliphatic carbocycles. The summed E-state index contributed by atoms with van der Waals surface area (Å²) in [6, 6.07) is 0.0887. The Hall–Kier alpha value is -3.01. The molecule has 0 saturated carbocycles. The molecule has 0 fully saturated rings. The fourth-order valence-electron chi connectivity index (χ4n) is 2.41. The van der Waals surface area contributed by atoms with Crippen molar-refractivity contribution in [3.63, 3.8) is 0 Å². The first kappa shape index (κ1) is 17.3. The molecule has 1 aromatic heterocycles. The molecular weight excluding hydrogens is 320 g/mol. The summed E-state index contributed by atoms with van der Waals surface area (Å²) in [7, 11) is 0. The number of nitro benzene ring substituents is 1. The van der Waals surface area contributed by atoms with Crippen LogP contribution in [0, 0.1) is 17.0 Å². The number of nitro groups is 1. The van der Waals surface area contributed by atoms with Gasteiger partial charge in [0.1, 0.15) is 6.04 Å². The number of aromatic amines is 2. The summed E-state index contributed by atoms with van der Waals surface area (Å²) in [5.41, 5.74) is 4.52. The number of rotatable bonds is 5. The van der Waals surface area contributed by atoms with Gasteiger partial charge in [0, 0.05) is 18.1 Å². The van der Waals surface area contributed by atoms with E-state index in [1.165, 1.54) is 6.92 Å². The minimum atomic E-state index is -1.07. The normalized spacial score (nSPS) is 12.1. The van der Waals surface area contributed by atoms with Crippen LogP contribution in [0.2, 0.25) is 0 Å². The predicted molar refractivity (Wildman–Crippen MR) is 84.9 cm³/mol. The first-order valence-electron chi connectivity index (χ1n) is 7.11. The van der Waals surface area contributed by atoms with E-state index in [9.17, 15) is 24.5 Å². The minimum absolute atomic E-state index is 0.0861. The van der Waals surface area contributed by atoms with E-state index in [1.807, 2.05) is 0 Å². The number of carbonyl (C=O) groups is 1. The Labute approximate surface area is 134 Å². The molecule has 2 rings (SSSR count). The molecule has 0 spiro atoms. The van der Waals surface area contributed by atoms with E-state index in [1.54, 1.807) is 6.92 Å². The molecule has 0 aliphatic heterocycles. The van der Waals surface area contributed by atoms with Crippen LogP contribution in [0.3, 0.4) is 0 Å². The molecule has 10 heteroatoms. The lowest BCUT2D eigenvalue weighted by atomic mass is 9.98. The molecule has 1 aromatic carbocycles. The summed E-state index contributed by atoms with van der Waals surface area (Å²) >= 11 is 0. The molecule has 10 nitrogen and oxygen atoms in total. The number of ether oxygens (including phenoxy) is 1. The molecule has 4 N–H and O–H groups in total. The van der Waals surface area contributed by atoms with E-state index in [0.29, 0.717) is 5.56 Å². The molecule has 0 saturated heterocycles. The van der Waals surface area contributed by atoms with Crippen molar-refractivity contribution in [1.29, 1.82) is 0 Å². The highest BCUT2D eigenvalue weighted by Crippen LogP contribution is 2.28. The molecule has 0 bridgehead atoms. The zero-order chi connectivity index (χ0) is 18.0. The van der Waals surface area contributed by atoms with Crippen molar-refractivity contribution in [3.8, 4) is 0 Å². The molecule has 1 atom stereocenters. The van der Waals surface area contributed by atoms with Gasteiger partial charge in [-0.25, -0.2) is 0 Å². The Kier molecular flexibility index (Phi) is 4.79. The Morgan fingerprint density at radius 2 is 2.00 bits per heavy atom. The van der Waals surface area contributed by atoms with Crippen LogP contribution >= 0.6 is 0 Å². The highest BCUT2D eigenvalue weighted by molar-refractivity contribution is 5.84. The van der Waals surface area contributed by atoms with Crippen LogP contribution in [0.15, 0.2) is 15.7 Å². The lowest BCUT2D eigenvalue weighted by Gasteiger charge is -2.14. The van der Waals surface area contributed by atoms with E-state index in [-0.39, 0.29) is 35.3 Å². The molecule has 0 unspecified atom stereocenters. The monoisotopic (exact) mass is 336 g/mol. The maximum atomic E-state index is 11.7. The van der Waals surface area contributed by atoms with Crippen molar-refractivity contribution in [2.24, 2.45) is 5.73 Å². The van der Waals surface area contributed by atoms with E-state index in [2.05, 4.69) is 9.97 Å². The van der Waals surface area contributed by atoms with Crippen LogP contribution in [-0.4, -0.2) is 33.5 Å². The first-order valence-corrected chi connectivity index (χ1v) is 7.11. The molecule has 0 aliphatic rings. The van der Waals surface area contributed by atoms with Gasteiger partial charge in [-0.2, -0.15) is 0 Å². The van der Waals surface area contributed by atoms with Gasteiger partial charge in [0.2, 0.25) is 0 Å². The van der Waals surface area contributed by atoms with Gasteiger partial charge in [0.15, 0.2) is 0 Å². The summed E-state index contributed by atoms with van der Waals surface area (Å²) in [6.45, 7) is 3.25. The summed E-state index contributed by atoms with van der Waals surface area (Å²) in [5, 5.41) is 11.2. The number of hydrogen-bond donors (Lipinski definition) is 3. The number of aromatic nitrogens is 2. The molecule has 0 radical (unpaired) electrons. The number of H-pyrrole nitrogens is 2. The van der Waals surface area contributed by atoms with Crippen LogP contribution < -0.4 is 16.9 Å². The number of benzene rings is 1. The van der Waals surface area contributed by atoms with Crippen molar-refractivity contribution >= 4 is 22.7 Å². The number of nitrogens with zero attached hydrogens (tertiary/aromatic N) is 1. The summed E-state index contributed by atoms with van der Waals surface area (Å²) in [4.78, 5) is 50.0. The third kappa shape index (κ3) is 3.18. The van der Waals surface area contributed by atoms with Crippen LogP contribution in [0.25, 0.3) is 11.0 Å². The SMILES string of the molecule is CCOC(=O)[C@H](N)Cc1c(C)c([N+](=O)[O-])cc2[nH]c(=O)c(=O)[nH]c12. The maximum absolute atomic E-state index is 11.7. The minimum Gasteiger partial charge on any atom is -0.465 e. The average Bonchev–Trinajstić information content (AvgIpc) is 2.51. The van der Waals surface area contributed by atoms with Crippen LogP contribution in [0.1, 0.15) is 18.1 Å². The third-order valence-corrected chi connectivity index (χ3v) is 3.59. The largest absolute Gasteiger partial charge is 0.465 e. The van der Waals surface area contributed by atoms with Gasteiger partial charge in [-0.3, -0.25) is 24.5 Å². The van der Waals surface area contributed by atoms with E-state index < -0.39 is 28.1 Å². The number of hydrogen-bond acceptors (Lipinski definition) is 7. The number of nitrogens with one attached hydrogen (secondary N) is 2. The number of nitrogens with two attached hydrogens (primary N) is 1. The van der Waals surface area contributed by atoms with Crippen molar-refractivity contribution < 1.29 is 14.5 Å². The Balaban J connectivity index is 2.69. The summed E-state index contributed by atoms with van der Waals surface area (Å²) in [5.74, 6) is -0.664. The van der Waals surface area contributed by atoms with Gasteiger partial charge < -0.3 is 20.4 Å². The predicted octanol–water partition coefficient (Wildman–Crippen LogP) is -0.134. The van der Waals surface area contributed by atoms with Crippen molar-refractivity contribution in [2.75, 3.05) is 6.61 Å². The van der Waals surface area contributed by atoms with Gasteiger partial charge in [-0.05, 0) is 19.4 Å². The number of esters is 1. The highest BCUT2D eigenvalue weighted by atomic mass is 16.6. The van der Waals surface area contributed by atoms with Crippen LogP contribution in [0.5, 0.6) is 0 Å². The number of carbonyl (C=O) groups excluding carboxylic acids is 1. The number of fused-ring (bicyclic) bond motifs is 1. The second kappa shape index (κ2) is 6.62. The van der Waals surface area contributed by atoms with Crippen LogP contribution in [-0.2, 0) is 16.0 Å². The molecule has 128 valence electrons. The standard InChI is InChI=1S/C14H16N4O6/c1-3-24-14(21)8(15)4-7-6(2)10(18(22)23)5-9-11(7)17-13(20)12(19)16-9/h5,8H,3-4,15H2,1-2H3,(H,16,19)(H,17,20)/t8-/m1/s1. The average molecular weight is 336 g/mol. The fourth-order valence-corrected chi connectivity index (χ4v) is 2.41. The fraction of sp³-hybridized carbons (Fsp3) is 0.357. The van der Waals surface area contributed by atoms with E-state index in [0.717, 1.165) is 6.07 Å². The highest BCUT2D eigenvalue weighted by Gasteiger charge is 2.24. The van der Waals surface area contributed by atoms with Gasteiger partial charge in [0.25, 0.3) is 5.69 Å².